The van der Waals surface area contributed by atoms with E-state index in [0.717, 1.165) is 45.4 Å². The third-order valence-corrected chi connectivity index (χ3v) is 8.13. The van der Waals surface area contributed by atoms with Gasteiger partial charge in [-0.05, 0) is 43.9 Å². The van der Waals surface area contributed by atoms with Crippen LogP contribution in [0.4, 0.5) is 10.2 Å². The molecule has 4 heterocycles. The Hall–Kier alpha value is -3.28. The van der Waals surface area contributed by atoms with Crippen molar-refractivity contribution in [3.05, 3.63) is 36.5 Å². The molecule has 1 aromatic carbocycles. The van der Waals surface area contributed by atoms with Gasteiger partial charge in [0.15, 0.2) is 0 Å². The fraction of sp³-hybridized carbons (Fsp3) is 0.519. The maximum absolute atomic E-state index is 15.2. The van der Waals surface area contributed by atoms with Crippen LogP contribution in [0, 0.1) is 5.82 Å². The number of benzene rings is 1. The largest absolute Gasteiger partial charge is 0.491 e. The number of hydrogen-bond acceptors (Lipinski definition) is 8. The van der Waals surface area contributed by atoms with Gasteiger partial charge in [-0.2, -0.15) is 0 Å². The number of hydrogen-bond donors (Lipinski definition) is 2. The van der Waals surface area contributed by atoms with Crippen molar-refractivity contribution in [2.45, 2.75) is 43.9 Å². The normalized spacial score (nSPS) is 24.1. The van der Waals surface area contributed by atoms with Gasteiger partial charge in [-0.25, -0.2) is 14.4 Å². The molecule has 6 rings (SSSR count). The lowest BCUT2D eigenvalue weighted by Crippen LogP contribution is -2.55. The maximum Gasteiger partial charge on any atom is 0.248 e. The molecule has 2 aliphatic heterocycles. The molecule has 0 unspecified atom stereocenters. The summed E-state index contributed by atoms with van der Waals surface area (Å²) in [6, 6.07) is 5.37. The van der Waals surface area contributed by atoms with Gasteiger partial charge in [0, 0.05) is 62.2 Å². The lowest BCUT2D eigenvalue weighted by molar-refractivity contribution is -0.136. The highest BCUT2D eigenvalue weighted by Crippen LogP contribution is 2.43. The molecule has 2 saturated heterocycles. The number of aliphatic hydroxyl groups is 1. The number of rotatable bonds is 7. The van der Waals surface area contributed by atoms with Crippen molar-refractivity contribution in [2.75, 3.05) is 51.7 Å². The minimum atomic E-state index is -0.440. The van der Waals surface area contributed by atoms with Crippen molar-refractivity contribution < 1.29 is 23.8 Å². The predicted molar refractivity (Wildman–Crippen MR) is 139 cm³/mol. The first-order valence-electron chi connectivity index (χ1n) is 13.3. The molecule has 1 saturated carbocycles. The van der Waals surface area contributed by atoms with E-state index in [0.29, 0.717) is 59.5 Å². The van der Waals surface area contributed by atoms with E-state index in [-0.39, 0.29) is 23.9 Å². The van der Waals surface area contributed by atoms with E-state index in [9.17, 15) is 4.79 Å². The summed E-state index contributed by atoms with van der Waals surface area (Å²) in [6.07, 6.45) is 7.30. The van der Waals surface area contributed by atoms with Crippen LogP contribution in [-0.2, 0) is 9.53 Å². The van der Waals surface area contributed by atoms with Crippen LogP contribution in [0.25, 0.3) is 22.2 Å². The average Bonchev–Trinajstić information content (AvgIpc) is 3.57. The number of nitrogens with zero attached hydrogens (tertiary/aromatic N) is 5. The average molecular weight is 525 g/mol. The van der Waals surface area contributed by atoms with Crippen molar-refractivity contribution in [3.8, 4) is 16.9 Å². The van der Waals surface area contributed by atoms with Crippen molar-refractivity contribution in [3.63, 3.8) is 0 Å². The predicted octanol–water partition coefficient (Wildman–Crippen LogP) is 2.22. The zero-order valence-electron chi connectivity index (χ0n) is 21.3. The van der Waals surface area contributed by atoms with Gasteiger partial charge < -0.3 is 29.8 Å². The standard InChI is InChI=1S/C27H33FN6O4/c28-23-4-3-19(38-15-20-2-1-9-37-20)12-21(23)22-13-34(27-25(22)26(29)30-16-31-27)18-10-17(11-18)32-5-7-33(8-6-32)24(36)14-35/h3-4,12-13,16-18,20,35H,1-2,5-11,14-15H2,(H2,29,30,31)/t17-,18+,20-/m0/s1. The summed E-state index contributed by atoms with van der Waals surface area (Å²) in [5.74, 6) is 0.317. The SMILES string of the molecule is Nc1ncnc2c1c(-c1cc(OC[C@@H]3CCCO3)ccc1F)cn2[C@H]1C[C@@H](N2CCN(C(=O)CO)CC2)C1. The minimum absolute atomic E-state index is 0.0687. The molecule has 0 bridgehead atoms. The molecule has 11 heteroatoms. The topological polar surface area (TPSA) is 119 Å². The number of carbonyl (C=O) groups is 1. The molecule has 2 aromatic heterocycles. The number of ether oxygens (including phenoxy) is 2. The van der Waals surface area contributed by atoms with Crippen molar-refractivity contribution in [1.29, 1.82) is 0 Å². The Labute approximate surface area is 220 Å². The molecule has 0 spiro atoms. The molecule has 3 fully saturated rings. The molecule has 1 amide bonds. The third-order valence-electron chi connectivity index (χ3n) is 8.13. The van der Waals surface area contributed by atoms with Gasteiger partial charge >= 0.3 is 0 Å². The van der Waals surface area contributed by atoms with Gasteiger partial charge in [-0.15, -0.1) is 0 Å². The number of carbonyl (C=O) groups excluding carboxylic acids is 1. The van der Waals surface area contributed by atoms with Gasteiger partial charge in [-0.1, -0.05) is 0 Å². The lowest BCUT2D eigenvalue weighted by atomic mass is 9.85. The Balaban J connectivity index is 1.21. The van der Waals surface area contributed by atoms with Gasteiger partial charge in [0.1, 0.15) is 42.6 Å². The summed E-state index contributed by atoms with van der Waals surface area (Å²) >= 11 is 0. The van der Waals surface area contributed by atoms with Crippen molar-refractivity contribution >= 4 is 22.8 Å². The zero-order chi connectivity index (χ0) is 26.2. The molecule has 3 aliphatic rings. The Morgan fingerprint density at radius 2 is 1.97 bits per heavy atom. The molecule has 1 atom stereocenters. The number of piperazine rings is 1. The summed E-state index contributed by atoms with van der Waals surface area (Å²) < 4.78 is 28.8. The Bertz CT molecular complexity index is 1310. The first kappa shape index (κ1) is 25.0. The monoisotopic (exact) mass is 524 g/mol. The molecule has 3 aromatic rings. The van der Waals surface area contributed by atoms with Gasteiger partial charge in [0.2, 0.25) is 5.91 Å². The minimum Gasteiger partial charge on any atom is -0.491 e. The van der Waals surface area contributed by atoms with Crippen LogP contribution in [0.1, 0.15) is 31.7 Å². The van der Waals surface area contributed by atoms with E-state index in [1.54, 1.807) is 17.0 Å². The molecule has 1 aliphatic carbocycles. The number of anilines is 1. The lowest BCUT2D eigenvalue weighted by Gasteiger charge is -2.46. The second kappa shape index (κ2) is 10.5. The Morgan fingerprint density at radius 3 is 2.71 bits per heavy atom. The highest BCUT2D eigenvalue weighted by Gasteiger charge is 2.37. The molecule has 3 N–H and O–H groups in total. The first-order chi connectivity index (χ1) is 18.5. The van der Waals surface area contributed by atoms with Gasteiger partial charge in [0.05, 0.1) is 11.5 Å². The summed E-state index contributed by atoms with van der Waals surface area (Å²) in [6.45, 7) is 3.59. The Morgan fingerprint density at radius 1 is 1.16 bits per heavy atom. The van der Waals surface area contributed by atoms with E-state index >= 15 is 4.39 Å². The highest BCUT2D eigenvalue weighted by atomic mass is 19.1. The highest BCUT2D eigenvalue weighted by molar-refractivity contribution is 6.01. The summed E-state index contributed by atoms with van der Waals surface area (Å²) in [4.78, 5) is 24.6. The number of aromatic nitrogens is 3. The quantitative estimate of drug-likeness (QED) is 0.483. The van der Waals surface area contributed by atoms with Crippen LogP contribution in [0.5, 0.6) is 5.75 Å². The second-order valence-electron chi connectivity index (χ2n) is 10.3. The van der Waals surface area contributed by atoms with E-state index in [1.807, 2.05) is 6.20 Å². The van der Waals surface area contributed by atoms with Gasteiger partial charge in [-0.3, -0.25) is 9.69 Å². The number of nitrogens with two attached hydrogens (primary N) is 1. The maximum atomic E-state index is 15.2. The molecule has 0 radical (unpaired) electrons. The van der Waals surface area contributed by atoms with E-state index in [4.69, 9.17) is 20.3 Å². The first-order valence-corrected chi connectivity index (χ1v) is 13.3. The fourth-order valence-electron chi connectivity index (χ4n) is 5.88. The van der Waals surface area contributed by atoms with Gasteiger partial charge in [0.25, 0.3) is 0 Å². The second-order valence-corrected chi connectivity index (χ2v) is 10.3. The number of nitrogen functional groups attached to an aromatic ring is 1. The summed E-state index contributed by atoms with van der Waals surface area (Å²) in [5.41, 5.74) is 8.04. The number of halogens is 1. The van der Waals surface area contributed by atoms with Crippen molar-refractivity contribution in [2.24, 2.45) is 0 Å². The van der Waals surface area contributed by atoms with Crippen LogP contribution < -0.4 is 10.5 Å². The van der Waals surface area contributed by atoms with Crippen LogP contribution in [0.15, 0.2) is 30.7 Å². The number of amides is 1. The van der Waals surface area contributed by atoms with E-state index < -0.39 is 6.61 Å². The fourth-order valence-corrected chi connectivity index (χ4v) is 5.88. The smallest absolute Gasteiger partial charge is 0.248 e. The third kappa shape index (κ3) is 4.70. The number of aliphatic hydroxyl groups excluding tert-OH is 1. The Kier molecular flexibility index (Phi) is 6.89. The van der Waals surface area contributed by atoms with Crippen LogP contribution in [0.2, 0.25) is 0 Å². The zero-order valence-corrected chi connectivity index (χ0v) is 21.3. The van der Waals surface area contributed by atoms with E-state index in [1.165, 1.54) is 12.4 Å². The molecular formula is C27H33FN6O4. The molecule has 202 valence electrons. The van der Waals surface area contributed by atoms with Crippen LogP contribution in [0.3, 0.4) is 0 Å². The molecule has 38 heavy (non-hydrogen) atoms. The van der Waals surface area contributed by atoms with E-state index in [2.05, 4.69) is 19.4 Å². The summed E-state index contributed by atoms with van der Waals surface area (Å²) in [5, 5.41) is 9.75. The van der Waals surface area contributed by atoms with Crippen LogP contribution in [-0.4, -0.2) is 93.5 Å². The van der Waals surface area contributed by atoms with Crippen molar-refractivity contribution in [1.82, 2.24) is 24.3 Å². The molecular weight excluding hydrogens is 491 g/mol. The van der Waals surface area contributed by atoms with Crippen LogP contribution >= 0.6 is 0 Å². The number of fused-ring (bicyclic) bond motifs is 1. The summed E-state index contributed by atoms with van der Waals surface area (Å²) in [7, 11) is 0. The molecule has 10 nitrogen and oxygen atoms in total.